The van der Waals surface area contributed by atoms with E-state index in [-0.39, 0.29) is 32.4 Å². The van der Waals surface area contributed by atoms with E-state index >= 15 is 0 Å². The predicted octanol–water partition coefficient (Wildman–Crippen LogP) is 3.24. The van der Waals surface area contributed by atoms with Gasteiger partial charge in [-0.1, -0.05) is 29.8 Å². The molecule has 0 unspecified atom stereocenters. The molecule has 1 aromatic rings. The molecule has 192 valence electrons. The highest BCUT2D eigenvalue weighted by atomic mass is 35.5. The van der Waals surface area contributed by atoms with Crippen LogP contribution in [0.2, 0.25) is 5.02 Å². The SMILES string of the molecule is CC(C)(C)OC(=O)N[C@@H](CCCCNC(=O)OCc1ccccc1Cl)C(=O)ON1C(=O)CCC1=O. The first-order valence-electron chi connectivity index (χ1n) is 11.2. The number of ether oxygens (including phenoxy) is 2. The number of carbonyl (C=O) groups excluding carboxylic acids is 5. The molecule has 0 aromatic heterocycles. The lowest BCUT2D eigenvalue weighted by Gasteiger charge is -2.23. The highest BCUT2D eigenvalue weighted by molar-refractivity contribution is 6.31. The number of hydrogen-bond acceptors (Lipinski definition) is 8. The molecule has 0 bridgehead atoms. The van der Waals surface area contributed by atoms with Gasteiger partial charge in [0.2, 0.25) is 0 Å². The van der Waals surface area contributed by atoms with Gasteiger partial charge in [-0.05, 0) is 46.1 Å². The third kappa shape index (κ3) is 9.81. The van der Waals surface area contributed by atoms with Crippen LogP contribution in [0.3, 0.4) is 0 Å². The number of hydrogen-bond donors (Lipinski definition) is 2. The molecule has 0 aliphatic carbocycles. The summed E-state index contributed by atoms with van der Waals surface area (Å²) in [5, 5.41) is 5.91. The van der Waals surface area contributed by atoms with Gasteiger partial charge in [0.1, 0.15) is 18.2 Å². The molecule has 1 saturated heterocycles. The number of imide groups is 1. The van der Waals surface area contributed by atoms with Crippen molar-refractivity contribution >= 4 is 41.6 Å². The average Bonchev–Trinajstić information content (AvgIpc) is 3.08. The second-order valence-corrected chi connectivity index (χ2v) is 9.19. The van der Waals surface area contributed by atoms with Gasteiger partial charge < -0.3 is 24.9 Å². The van der Waals surface area contributed by atoms with Gasteiger partial charge in [-0.2, -0.15) is 0 Å². The molecule has 0 saturated carbocycles. The van der Waals surface area contributed by atoms with Crippen LogP contribution in [0.4, 0.5) is 9.59 Å². The van der Waals surface area contributed by atoms with Crippen molar-refractivity contribution in [3.05, 3.63) is 34.9 Å². The Morgan fingerprint density at radius 3 is 2.34 bits per heavy atom. The van der Waals surface area contributed by atoms with Crippen molar-refractivity contribution in [3.8, 4) is 0 Å². The summed E-state index contributed by atoms with van der Waals surface area (Å²) in [5.41, 5.74) is -0.123. The third-order valence-corrected chi connectivity index (χ3v) is 5.04. The quantitative estimate of drug-likeness (QED) is 0.360. The molecule has 1 aliphatic heterocycles. The summed E-state index contributed by atoms with van der Waals surface area (Å²) in [6.07, 6.45) is -0.614. The topological polar surface area (TPSA) is 140 Å². The normalized spacial score (nSPS) is 14.3. The largest absolute Gasteiger partial charge is 0.445 e. The highest BCUT2D eigenvalue weighted by Gasteiger charge is 2.35. The number of benzene rings is 1. The van der Waals surface area contributed by atoms with Gasteiger partial charge in [0.05, 0.1) is 0 Å². The maximum Gasteiger partial charge on any atom is 0.408 e. The summed E-state index contributed by atoms with van der Waals surface area (Å²) in [7, 11) is 0. The van der Waals surface area contributed by atoms with Gasteiger partial charge in [0, 0.05) is 30.0 Å². The van der Waals surface area contributed by atoms with Crippen molar-refractivity contribution < 1.29 is 38.3 Å². The lowest BCUT2D eigenvalue weighted by Crippen LogP contribution is -2.46. The first-order valence-corrected chi connectivity index (χ1v) is 11.5. The molecule has 1 heterocycles. The molecule has 35 heavy (non-hydrogen) atoms. The average molecular weight is 512 g/mol. The van der Waals surface area contributed by atoms with Gasteiger partial charge in [0.15, 0.2) is 0 Å². The summed E-state index contributed by atoms with van der Waals surface area (Å²) >= 11 is 6.02. The molecule has 11 nitrogen and oxygen atoms in total. The molecule has 1 aliphatic rings. The summed E-state index contributed by atoms with van der Waals surface area (Å²) in [5.74, 6) is -2.22. The van der Waals surface area contributed by atoms with Crippen molar-refractivity contribution in [2.45, 2.75) is 71.1 Å². The van der Waals surface area contributed by atoms with E-state index in [0.717, 1.165) is 0 Å². The van der Waals surface area contributed by atoms with E-state index < -0.39 is 41.6 Å². The zero-order valence-electron chi connectivity index (χ0n) is 19.9. The number of alkyl carbamates (subject to hydrolysis) is 2. The zero-order chi connectivity index (χ0) is 26.0. The van der Waals surface area contributed by atoms with Gasteiger partial charge in [-0.25, -0.2) is 14.4 Å². The van der Waals surface area contributed by atoms with Gasteiger partial charge in [-0.3, -0.25) is 9.59 Å². The van der Waals surface area contributed by atoms with E-state index in [1.54, 1.807) is 45.0 Å². The summed E-state index contributed by atoms with van der Waals surface area (Å²) in [4.78, 5) is 65.0. The van der Waals surface area contributed by atoms with Crippen LogP contribution < -0.4 is 10.6 Å². The van der Waals surface area contributed by atoms with Gasteiger partial charge in [0.25, 0.3) is 11.8 Å². The second-order valence-electron chi connectivity index (χ2n) is 8.78. The standard InChI is InChI=1S/C23H30ClN3O8/c1-23(2,3)34-22(32)26-17(20(30)35-27-18(28)11-12-19(27)29)10-6-7-13-25-21(31)33-14-15-8-4-5-9-16(15)24/h4-5,8-9,17H,6-7,10-14H2,1-3H3,(H,25,31)(H,26,32)/t17-/m0/s1. The summed E-state index contributed by atoms with van der Waals surface area (Å²) in [6, 6.07) is 5.83. The number of nitrogens with zero attached hydrogens (tertiary/aromatic N) is 1. The maximum absolute atomic E-state index is 12.6. The molecule has 2 N–H and O–H groups in total. The van der Waals surface area contributed by atoms with E-state index in [1.165, 1.54) is 0 Å². The Balaban J connectivity index is 1.81. The Hall–Kier alpha value is -3.34. The Kier molecular flexibility index (Phi) is 10.3. The van der Waals surface area contributed by atoms with Crippen molar-refractivity contribution in [2.75, 3.05) is 6.54 Å². The monoisotopic (exact) mass is 511 g/mol. The minimum atomic E-state index is -1.17. The molecule has 12 heteroatoms. The minimum absolute atomic E-state index is 0.0210. The van der Waals surface area contributed by atoms with E-state index in [4.69, 9.17) is 25.9 Å². The Labute approximate surface area is 208 Å². The molecular weight excluding hydrogens is 482 g/mol. The molecule has 0 spiro atoms. The molecule has 0 radical (unpaired) electrons. The Morgan fingerprint density at radius 1 is 1.06 bits per heavy atom. The first-order chi connectivity index (χ1) is 16.5. The van der Waals surface area contributed by atoms with Crippen molar-refractivity contribution in [3.63, 3.8) is 0 Å². The lowest BCUT2D eigenvalue weighted by atomic mass is 10.1. The molecule has 1 aromatic carbocycles. The number of hydroxylamine groups is 2. The van der Waals surface area contributed by atoms with Crippen LogP contribution in [0.5, 0.6) is 0 Å². The number of rotatable bonds is 10. The Morgan fingerprint density at radius 2 is 1.71 bits per heavy atom. The van der Waals surface area contributed by atoms with Crippen LogP contribution in [0.1, 0.15) is 58.4 Å². The third-order valence-electron chi connectivity index (χ3n) is 4.67. The van der Waals surface area contributed by atoms with Crippen LogP contribution in [0.25, 0.3) is 0 Å². The van der Waals surface area contributed by atoms with E-state index in [9.17, 15) is 24.0 Å². The van der Waals surface area contributed by atoms with Crippen molar-refractivity contribution in [2.24, 2.45) is 0 Å². The van der Waals surface area contributed by atoms with Crippen molar-refractivity contribution in [1.29, 1.82) is 0 Å². The van der Waals surface area contributed by atoms with E-state index in [1.807, 2.05) is 0 Å². The van der Waals surface area contributed by atoms with Gasteiger partial charge in [-0.15, -0.1) is 5.06 Å². The Bertz CT molecular complexity index is 931. The summed E-state index contributed by atoms with van der Waals surface area (Å²) < 4.78 is 10.3. The fraction of sp³-hybridized carbons (Fsp3) is 0.522. The van der Waals surface area contributed by atoms with Crippen molar-refractivity contribution in [1.82, 2.24) is 15.7 Å². The number of carbonyl (C=O) groups is 5. The van der Waals surface area contributed by atoms with Crippen LogP contribution >= 0.6 is 11.6 Å². The molecule has 4 amide bonds. The number of halogens is 1. The van der Waals surface area contributed by atoms with Crippen LogP contribution in [-0.2, 0) is 35.3 Å². The first kappa shape index (κ1) is 27.9. The number of unbranched alkanes of at least 4 members (excludes halogenated alkanes) is 1. The van der Waals surface area contributed by atoms with E-state index in [2.05, 4.69) is 10.6 Å². The minimum Gasteiger partial charge on any atom is -0.445 e. The molecular formula is C23H30ClN3O8. The summed E-state index contributed by atoms with van der Waals surface area (Å²) in [6.45, 7) is 5.26. The predicted molar refractivity (Wildman–Crippen MR) is 124 cm³/mol. The van der Waals surface area contributed by atoms with Gasteiger partial charge >= 0.3 is 18.2 Å². The lowest BCUT2D eigenvalue weighted by molar-refractivity contribution is -0.199. The fourth-order valence-corrected chi connectivity index (χ4v) is 3.17. The van der Waals surface area contributed by atoms with Crippen LogP contribution in [0.15, 0.2) is 24.3 Å². The van der Waals surface area contributed by atoms with E-state index in [0.29, 0.717) is 28.5 Å². The second kappa shape index (κ2) is 12.9. The molecule has 1 atom stereocenters. The highest BCUT2D eigenvalue weighted by Crippen LogP contribution is 2.16. The zero-order valence-corrected chi connectivity index (χ0v) is 20.7. The smallest absolute Gasteiger partial charge is 0.408 e. The molecule has 1 fully saturated rings. The van der Waals surface area contributed by atoms with Crippen LogP contribution in [0, 0.1) is 0 Å². The number of amides is 4. The molecule has 2 rings (SSSR count). The van der Waals surface area contributed by atoms with Crippen LogP contribution in [-0.4, -0.2) is 53.2 Å². The fourth-order valence-electron chi connectivity index (χ4n) is 2.98. The maximum atomic E-state index is 12.6. The number of nitrogens with one attached hydrogen (secondary N) is 2.